The van der Waals surface area contributed by atoms with Gasteiger partial charge in [0.15, 0.2) is 0 Å². The fraction of sp³-hybridized carbons (Fsp3) is 0.548. The summed E-state index contributed by atoms with van der Waals surface area (Å²) in [7, 11) is 4.53. The highest BCUT2D eigenvalue weighted by atomic mass is 32.1. The lowest BCUT2D eigenvalue weighted by molar-refractivity contribution is 0.0949. The lowest BCUT2D eigenvalue weighted by Crippen LogP contribution is -2.36. The first kappa shape index (κ1) is 33.6. The quantitative estimate of drug-likeness (QED) is 0.151. The van der Waals surface area contributed by atoms with Crippen molar-refractivity contribution in [1.82, 2.24) is 14.8 Å². The number of aromatic nitrogens is 1. The molecule has 3 fully saturated rings. The minimum atomic E-state index is 0.271. The molecule has 0 bridgehead atoms. The first-order chi connectivity index (χ1) is 23.6. The van der Waals surface area contributed by atoms with E-state index in [9.17, 15) is 0 Å². The van der Waals surface area contributed by atoms with Crippen LogP contribution in [-0.2, 0) is 12.8 Å². The Morgan fingerprint density at radius 2 is 1.46 bits per heavy atom. The van der Waals surface area contributed by atoms with Gasteiger partial charge in [-0.25, -0.2) is 4.98 Å². The van der Waals surface area contributed by atoms with Gasteiger partial charge < -0.3 is 14.2 Å². The fourth-order valence-electron chi connectivity index (χ4n) is 9.00. The topological polar surface area (TPSA) is 35.8 Å². The van der Waals surface area contributed by atoms with Gasteiger partial charge in [0.05, 0.1) is 6.04 Å². The highest BCUT2D eigenvalue weighted by molar-refractivity contribution is 7.10. The maximum atomic E-state index is 7.04. The summed E-state index contributed by atoms with van der Waals surface area (Å²) in [6.45, 7) is 4.42. The Hall–Kier alpha value is -2.93. The van der Waals surface area contributed by atoms with Gasteiger partial charge in [-0.2, -0.15) is 0 Å². The van der Waals surface area contributed by atoms with Gasteiger partial charge in [-0.15, -0.1) is 11.3 Å². The number of hydrogen-bond donors (Lipinski definition) is 0. The molecule has 5 nitrogen and oxygen atoms in total. The lowest BCUT2D eigenvalue weighted by atomic mass is 9.75. The maximum absolute atomic E-state index is 7.04. The van der Waals surface area contributed by atoms with Crippen LogP contribution in [0, 0.1) is 17.8 Å². The fourth-order valence-corrected chi connectivity index (χ4v) is 10.0. The summed E-state index contributed by atoms with van der Waals surface area (Å²) < 4.78 is 7.04. The van der Waals surface area contributed by atoms with Gasteiger partial charge in [0.2, 0.25) is 11.8 Å². The predicted molar refractivity (Wildman–Crippen MR) is 200 cm³/mol. The van der Waals surface area contributed by atoms with E-state index in [0.29, 0.717) is 6.04 Å². The van der Waals surface area contributed by atoms with Crippen LogP contribution in [0.15, 0.2) is 82.6 Å². The number of benzene rings is 2. The van der Waals surface area contributed by atoms with Gasteiger partial charge in [-0.3, -0.25) is 4.90 Å². The lowest BCUT2D eigenvalue weighted by Gasteiger charge is -2.39. The Balaban J connectivity index is 1.09. The number of rotatable bonds is 12. The van der Waals surface area contributed by atoms with E-state index < -0.39 is 0 Å². The summed E-state index contributed by atoms with van der Waals surface area (Å²) in [6.07, 6.45) is 14.7. The van der Waals surface area contributed by atoms with Crippen molar-refractivity contribution in [3.8, 4) is 0 Å². The van der Waals surface area contributed by atoms with Crippen LogP contribution in [0.2, 0.25) is 0 Å². The Labute approximate surface area is 293 Å². The van der Waals surface area contributed by atoms with Crippen LogP contribution in [0.5, 0.6) is 0 Å². The summed E-state index contributed by atoms with van der Waals surface area (Å²) in [5.74, 6) is 4.21. The number of oxazole rings is 1. The van der Waals surface area contributed by atoms with E-state index in [2.05, 4.69) is 107 Å². The molecule has 256 valence electrons. The Morgan fingerprint density at radius 3 is 2.10 bits per heavy atom. The third-order valence-corrected chi connectivity index (χ3v) is 12.5. The number of anilines is 1. The molecule has 2 unspecified atom stereocenters. The predicted octanol–water partition coefficient (Wildman–Crippen LogP) is 9.81. The smallest absolute Gasteiger partial charge is 0.219 e. The average molecular weight is 665 g/mol. The van der Waals surface area contributed by atoms with Crippen LogP contribution in [0.4, 0.5) is 5.88 Å². The summed E-state index contributed by atoms with van der Waals surface area (Å²) in [5, 5.41) is 2.24. The van der Waals surface area contributed by atoms with E-state index in [0.717, 1.165) is 67.8 Å². The zero-order valence-corrected chi connectivity index (χ0v) is 30.1. The molecular formula is C42H56N4OS. The van der Waals surface area contributed by atoms with E-state index in [-0.39, 0.29) is 6.04 Å². The van der Waals surface area contributed by atoms with Crippen molar-refractivity contribution in [3.05, 3.63) is 106 Å². The number of hydrogen-bond acceptors (Lipinski definition) is 6. The number of piperidine rings is 2. The molecule has 0 radical (unpaired) electrons. The molecule has 0 amide bonds. The van der Waals surface area contributed by atoms with Crippen LogP contribution in [0.1, 0.15) is 104 Å². The van der Waals surface area contributed by atoms with Crippen molar-refractivity contribution in [2.45, 2.75) is 89.1 Å². The summed E-state index contributed by atoms with van der Waals surface area (Å²) in [5.41, 5.74) is 3.91. The van der Waals surface area contributed by atoms with Gasteiger partial charge in [0, 0.05) is 30.4 Å². The van der Waals surface area contributed by atoms with Crippen LogP contribution >= 0.6 is 11.3 Å². The molecular weight excluding hydrogens is 609 g/mol. The Kier molecular flexibility index (Phi) is 11.3. The second-order valence-corrected chi connectivity index (χ2v) is 16.1. The molecule has 48 heavy (non-hydrogen) atoms. The molecule has 2 aliphatic heterocycles. The monoisotopic (exact) mass is 664 g/mol. The second kappa shape index (κ2) is 16.2. The summed E-state index contributed by atoms with van der Waals surface area (Å²) in [6, 6.07) is 27.3. The normalized spacial score (nSPS) is 22.6. The Bertz CT molecular complexity index is 1500. The molecule has 3 aliphatic rings. The van der Waals surface area contributed by atoms with E-state index in [1.54, 1.807) is 0 Å². The molecule has 1 saturated carbocycles. The van der Waals surface area contributed by atoms with Crippen molar-refractivity contribution < 1.29 is 4.42 Å². The van der Waals surface area contributed by atoms with Crippen molar-refractivity contribution in [1.29, 1.82) is 0 Å². The standard InChI is InChI=1S/C42H56N4OS/c1-44(2)40(39-17-12-28-48-39)36-20-18-34(19-21-36)31-38(45-24-10-5-11-25-45)41-43-37(30-33-15-8-4-9-16-33)42(47-41)46-26-22-35(23-27-46)29-32-13-6-3-7-14-32/h3-4,6-9,12-17,28,34-36,38,40H,5,10-11,18-27,29-31H2,1-2H3. The molecule has 0 N–H and O–H groups in total. The summed E-state index contributed by atoms with van der Waals surface area (Å²) >= 11 is 1.92. The highest BCUT2D eigenvalue weighted by Gasteiger charge is 2.36. The zero-order valence-electron chi connectivity index (χ0n) is 29.3. The zero-order chi connectivity index (χ0) is 32.7. The minimum Gasteiger partial charge on any atom is -0.423 e. The molecule has 1 aliphatic carbocycles. The molecule has 6 heteroatoms. The van der Waals surface area contributed by atoms with Crippen molar-refractivity contribution in [2.24, 2.45) is 17.8 Å². The van der Waals surface area contributed by atoms with Crippen LogP contribution in [0.3, 0.4) is 0 Å². The van der Waals surface area contributed by atoms with Gasteiger partial charge in [-0.1, -0.05) is 86.0 Å². The van der Waals surface area contributed by atoms with E-state index >= 15 is 0 Å². The summed E-state index contributed by atoms with van der Waals surface area (Å²) in [4.78, 5) is 14.7. The number of thiophene rings is 1. The molecule has 2 aromatic heterocycles. The van der Waals surface area contributed by atoms with Crippen molar-refractivity contribution in [2.75, 3.05) is 45.2 Å². The van der Waals surface area contributed by atoms with E-state index in [4.69, 9.17) is 9.40 Å². The van der Waals surface area contributed by atoms with Gasteiger partial charge in [0.1, 0.15) is 5.69 Å². The number of likely N-dealkylation sites (tertiary alicyclic amines) is 1. The molecule has 2 aromatic carbocycles. The van der Waals surface area contributed by atoms with Crippen molar-refractivity contribution in [3.63, 3.8) is 0 Å². The maximum Gasteiger partial charge on any atom is 0.219 e. The SMILES string of the molecule is CN(C)C(c1cccs1)C1CCC(CC(c2nc(Cc3ccccc3)c(N3CCC(Cc4ccccc4)CC3)o2)N2CCCCC2)CC1. The van der Waals surface area contributed by atoms with Crippen molar-refractivity contribution >= 4 is 17.2 Å². The minimum absolute atomic E-state index is 0.271. The first-order valence-corrected chi connectivity index (χ1v) is 19.7. The van der Waals surface area contributed by atoms with Crippen LogP contribution in [-0.4, -0.2) is 55.1 Å². The van der Waals surface area contributed by atoms with E-state index in [1.807, 2.05) is 11.3 Å². The molecule has 0 spiro atoms. The molecule has 2 saturated heterocycles. The molecule has 2 atom stereocenters. The van der Waals surface area contributed by atoms with Gasteiger partial charge in [0.25, 0.3) is 0 Å². The first-order valence-electron chi connectivity index (χ1n) is 18.9. The molecule has 4 heterocycles. The Morgan fingerprint density at radius 1 is 0.771 bits per heavy atom. The highest BCUT2D eigenvalue weighted by Crippen LogP contribution is 2.44. The van der Waals surface area contributed by atoms with Crippen LogP contribution < -0.4 is 4.90 Å². The van der Waals surface area contributed by atoms with Crippen LogP contribution in [0.25, 0.3) is 0 Å². The molecule has 7 rings (SSSR count). The third kappa shape index (κ3) is 8.26. The van der Waals surface area contributed by atoms with E-state index in [1.165, 1.54) is 86.6 Å². The van der Waals surface area contributed by atoms with Gasteiger partial charge >= 0.3 is 0 Å². The average Bonchev–Trinajstić information content (AvgIpc) is 3.80. The third-order valence-electron chi connectivity index (χ3n) is 11.6. The second-order valence-electron chi connectivity index (χ2n) is 15.1. The largest absolute Gasteiger partial charge is 0.423 e. The van der Waals surface area contributed by atoms with Gasteiger partial charge in [-0.05, 0) is 119 Å². The number of nitrogens with zero attached hydrogens (tertiary/aromatic N) is 4. The molecule has 4 aromatic rings.